The first kappa shape index (κ1) is 38.2. The van der Waals surface area contributed by atoms with Gasteiger partial charge in [0, 0.05) is 0 Å². The standard InChI is InChI=1S/C13H24N2O4.C10H14.C7H14O3/c1-6-10(3)15-19-12(17)14-8-9-18-11(16)13(4,5)7-2;1-3-9(2)10-7-5-4-6-8-10;1-3-6(2)7(9)10-5-4-8/h6-9H2,1-5H3,(H,14,17);4-9H,3H2,1-2H3;6,8H,3-5H2,1-2H3/b15-10-;;. The Labute approximate surface area is 235 Å². The SMILES string of the molecule is CC/C(C)=N\OC(=O)NCCOC(=O)C(C)(C)CC.CCC(C)C(=O)OCCO.CCC(C)c1ccccc1. The monoisotopic (exact) mass is 552 g/mol. The molecule has 0 aromatic heterocycles. The molecule has 0 spiro atoms. The third-order valence-corrected chi connectivity index (χ3v) is 6.17. The lowest BCUT2D eigenvalue weighted by Gasteiger charge is -2.20. The summed E-state index contributed by atoms with van der Waals surface area (Å²) in [5, 5.41) is 14.3. The van der Waals surface area contributed by atoms with Crippen LogP contribution < -0.4 is 5.32 Å². The minimum absolute atomic E-state index is 0.0495. The number of oxime groups is 1. The number of benzene rings is 1. The van der Waals surface area contributed by atoms with Gasteiger partial charge < -0.3 is 19.9 Å². The molecular weight excluding hydrogens is 500 g/mol. The number of rotatable bonds is 13. The quantitative estimate of drug-likeness (QED) is 0.0975. The maximum atomic E-state index is 11.6. The Morgan fingerprint density at radius 3 is 2.08 bits per heavy atom. The molecule has 0 bridgehead atoms. The summed E-state index contributed by atoms with van der Waals surface area (Å²) >= 11 is 0. The normalized spacial score (nSPS) is 12.4. The number of hydrogen-bond acceptors (Lipinski definition) is 8. The van der Waals surface area contributed by atoms with Gasteiger partial charge in [0.2, 0.25) is 0 Å². The molecule has 0 heterocycles. The van der Waals surface area contributed by atoms with Gasteiger partial charge >= 0.3 is 18.0 Å². The Kier molecular flexibility index (Phi) is 22.5. The van der Waals surface area contributed by atoms with Crippen LogP contribution in [0.5, 0.6) is 0 Å². The molecule has 1 aromatic rings. The van der Waals surface area contributed by atoms with Crippen molar-refractivity contribution >= 4 is 23.7 Å². The Bertz CT molecular complexity index is 826. The number of esters is 2. The molecule has 1 rings (SSSR count). The number of hydrogen-bond donors (Lipinski definition) is 2. The van der Waals surface area contributed by atoms with Crippen LogP contribution in [0.3, 0.4) is 0 Å². The zero-order chi connectivity index (χ0) is 30.3. The average molecular weight is 553 g/mol. The first-order valence-electron chi connectivity index (χ1n) is 13.9. The van der Waals surface area contributed by atoms with E-state index in [2.05, 4.69) is 64.2 Å². The summed E-state index contributed by atoms with van der Waals surface area (Å²) in [6.45, 7) is 17.8. The zero-order valence-corrected chi connectivity index (χ0v) is 25.5. The highest BCUT2D eigenvalue weighted by Crippen LogP contribution is 2.21. The van der Waals surface area contributed by atoms with Gasteiger partial charge in [0.1, 0.15) is 13.2 Å². The third kappa shape index (κ3) is 19.7. The summed E-state index contributed by atoms with van der Waals surface area (Å²) in [5.74, 6) is 0.161. The lowest BCUT2D eigenvalue weighted by Crippen LogP contribution is -2.31. The largest absolute Gasteiger partial charge is 0.463 e. The second-order valence-electron chi connectivity index (χ2n) is 9.78. The molecule has 1 aromatic carbocycles. The molecule has 0 aliphatic rings. The Morgan fingerprint density at radius 2 is 1.59 bits per heavy atom. The van der Waals surface area contributed by atoms with Crippen molar-refractivity contribution < 1.29 is 33.8 Å². The molecule has 2 atom stereocenters. The van der Waals surface area contributed by atoms with Crippen LogP contribution in [0.4, 0.5) is 4.79 Å². The fraction of sp³-hybridized carbons (Fsp3) is 0.667. The van der Waals surface area contributed by atoms with Gasteiger partial charge in [-0.05, 0) is 57.9 Å². The smallest absolute Gasteiger partial charge is 0.433 e. The number of aliphatic hydroxyl groups excluding tert-OH is 1. The van der Waals surface area contributed by atoms with Gasteiger partial charge in [-0.25, -0.2) is 4.79 Å². The molecule has 224 valence electrons. The lowest BCUT2D eigenvalue weighted by molar-refractivity contribution is -0.154. The third-order valence-electron chi connectivity index (χ3n) is 6.17. The van der Waals surface area contributed by atoms with Crippen molar-refractivity contribution in [1.82, 2.24) is 5.32 Å². The number of nitrogens with zero attached hydrogens (tertiary/aromatic N) is 1. The Morgan fingerprint density at radius 1 is 0.974 bits per heavy atom. The second kappa shape index (κ2) is 23.0. The van der Waals surface area contributed by atoms with E-state index >= 15 is 0 Å². The van der Waals surface area contributed by atoms with Crippen LogP contribution in [-0.4, -0.2) is 55.2 Å². The van der Waals surface area contributed by atoms with E-state index < -0.39 is 11.5 Å². The van der Waals surface area contributed by atoms with Crippen molar-refractivity contribution in [2.24, 2.45) is 16.5 Å². The van der Waals surface area contributed by atoms with E-state index in [1.165, 1.54) is 12.0 Å². The van der Waals surface area contributed by atoms with E-state index in [1.54, 1.807) is 13.8 Å². The van der Waals surface area contributed by atoms with Gasteiger partial charge in [-0.3, -0.25) is 14.4 Å². The summed E-state index contributed by atoms with van der Waals surface area (Å²) in [6.07, 6.45) is 2.77. The highest BCUT2D eigenvalue weighted by molar-refractivity contribution is 5.81. The van der Waals surface area contributed by atoms with Gasteiger partial charge in [0.15, 0.2) is 0 Å². The maximum absolute atomic E-state index is 11.6. The van der Waals surface area contributed by atoms with Gasteiger partial charge in [-0.2, -0.15) is 0 Å². The van der Waals surface area contributed by atoms with Crippen LogP contribution in [0.15, 0.2) is 35.5 Å². The minimum atomic E-state index is -0.654. The van der Waals surface area contributed by atoms with Crippen LogP contribution in [0, 0.1) is 11.3 Å². The number of carbonyl (C=O) groups excluding carboxylic acids is 3. The van der Waals surface area contributed by atoms with Gasteiger partial charge in [0.05, 0.1) is 30.2 Å². The molecule has 2 N–H and O–H groups in total. The van der Waals surface area contributed by atoms with Crippen molar-refractivity contribution in [3.8, 4) is 0 Å². The van der Waals surface area contributed by atoms with Crippen LogP contribution >= 0.6 is 0 Å². The zero-order valence-electron chi connectivity index (χ0n) is 25.5. The molecule has 39 heavy (non-hydrogen) atoms. The Hall–Kier alpha value is -2.94. The van der Waals surface area contributed by atoms with E-state index in [1.807, 2.05) is 34.6 Å². The van der Waals surface area contributed by atoms with E-state index in [0.717, 1.165) is 18.6 Å². The molecule has 0 aliphatic carbocycles. The number of nitrogens with one attached hydrogen (secondary N) is 1. The van der Waals surface area contributed by atoms with Crippen LogP contribution in [0.1, 0.15) is 99.5 Å². The molecule has 1 amide bonds. The van der Waals surface area contributed by atoms with E-state index in [9.17, 15) is 14.4 Å². The number of aliphatic hydroxyl groups is 1. The van der Waals surface area contributed by atoms with Crippen LogP contribution in [0.2, 0.25) is 0 Å². The number of amides is 1. The van der Waals surface area contributed by atoms with Crippen LogP contribution in [-0.2, 0) is 23.9 Å². The van der Waals surface area contributed by atoms with E-state index in [-0.39, 0.29) is 44.2 Å². The van der Waals surface area contributed by atoms with E-state index in [0.29, 0.717) is 12.3 Å². The molecule has 0 saturated heterocycles. The summed E-state index contributed by atoms with van der Waals surface area (Å²) in [7, 11) is 0. The predicted molar refractivity (Wildman–Crippen MR) is 156 cm³/mol. The molecule has 9 heteroatoms. The first-order chi connectivity index (χ1) is 18.4. The molecule has 0 radical (unpaired) electrons. The second-order valence-corrected chi connectivity index (χ2v) is 9.78. The fourth-order valence-corrected chi connectivity index (χ4v) is 2.33. The average Bonchev–Trinajstić information content (AvgIpc) is 2.96. The van der Waals surface area contributed by atoms with Gasteiger partial charge in [0.25, 0.3) is 0 Å². The first-order valence-corrected chi connectivity index (χ1v) is 13.9. The van der Waals surface area contributed by atoms with Crippen LogP contribution in [0.25, 0.3) is 0 Å². The minimum Gasteiger partial charge on any atom is -0.463 e. The molecule has 0 saturated carbocycles. The van der Waals surface area contributed by atoms with Crippen molar-refractivity contribution in [2.75, 3.05) is 26.4 Å². The molecule has 0 aliphatic heterocycles. The molecule has 9 nitrogen and oxygen atoms in total. The maximum Gasteiger partial charge on any atom is 0.433 e. The fourth-order valence-electron chi connectivity index (χ4n) is 2.33. The van der Waals surface area contributed by atoms with E-state index in [4.69, 9.17) is 9.84 Å². The highest BCUT2D eigenvalue weighted by Gasteiger charge is 2.26. The summed E-state index contributed by atoms with van der Waals surface area (Å²) in [4.78, 5) is 38.2. The summed E-state index contributed by atoms with van der Waals surface area (Å²) in [6, 6.07) is 10.6. The highest BCUT2D eigenvalue weighted by atomic mass is 16.7. The molecular formula is C30H52N2O7. The van der Waals surface area contributed by atoms with Crippen molar-refractivity contribution in [1.29, 1.82) is 0 Å². The number of carbonyl (C=O) groups is 3. The predicted octanol–water partition coefficient (Wildman–Crippen LogP) is 6.25. The van der Waals surface area contributed by atoms with Crippen molar-refractivity contribution in [2.45, 2.75) is 93.9 Å². The molecule has 0 fully saturated rings. The summed E-state index contributed by atoms with van der Waals surface area (Å²) in [5.41, 5.74) is 1.68. The van der Waals surface area contributed by atoms with Crippen molar-refractivity contribution in [3.05, 3.63) is 35.9 Å². The van der Waals surface area contributed by atoms with Gasteiger partial charge in [-0.15, -0.1) is 0 Å². The topological polar surface area (TPSA) is 124 Å². The summed E-state index contributed by atoms with van der Waals surface area (Å²) < 4.78 is 9.70. The lowest BCUT2D eigenvalue weighted by atomic mass is 9.91. The van der Waals surface area contributed by atoms with Crippen molar-refractivity contribution in [3.63, 3.8) is 0 Å². The number of ether oxygens (including phenoxy) is 2. The Balaban J connectivity index is 0. The molecule has 2 unspecified atom stereocenters. The van der Waals surface area contributed by atoms with Gasteiger partial charge in [-0.1, -0.05) is 77.0 Å².